The van der Waals surface area contributed by atoms with Crippen LogP contribution in [0.5, 0.6) is 0 Å². The van der Waals surface area contributed by atoms with Gasteiger partial charge in [0.15, 0.2) is 0 Å². The molecule has 78 valence electrons. The van der Waals surface area contributed by atoms with Gasteiger partial charge < -0.3 is 5.73 Å². The molecule has 0 spiro atoms. The van der Waals surface area contributed by atoms with Gasteiger partial charge >= 0.3 is 0 Å². The minimum Gasteiger partial charge on any atom is -0.324 e. The first-order valence-electron chi connectivity index (χ1n) is 5.50. The van der Waals surface area contributed by atoms with E-state index in [4.69, 9.17) is 5.73 Å². The number of thiophene rings is 1. The average molecular weight is 209 g/mol. The molecule has 2 N–H and O–H groups in total. The highest BCUT2D eigenvalue weighted by atomic mass is 32.1. The maximum absolute atomic E-state index is 6.32. The minimum atomic E-state index is 0.294. The van der Waals surface area contributed by atoms with Crippen molar-refractivity contribution in [3.63, 3.8) is 0 Å². The molecule has 2 heteroatoms. The molecule has 0 aromatic carbocycles. The van der Waals surface area contributed by atoms with E-state index in [0.29, 0.717) is 6.04 Å². The normalized spacial score (nSPS) is 20.2. The Bertz CT molecular complexity index is 310. The molecule has 0 radical (unpaired) electrons. The van der Waals surface area contributed by atoms with Gasteiger partial charge in [-0.2, -0.15) is 0 Å². The second kappa shape index (κ2) is 4.03. The molecule has 0 amide bonds. The lowest BCUT2D eigenvalue weighted by Crippen LogP contribution is -2.19. The summed E-state index contributed by atoms with van der Waals surface area (Å²) < 4.78 is 0. The molecule has 1 nitrogen and oxygen atoms in total. The first-order valence-corrected chi connectivity index (χ1v) is 6.38. The van der Waals surface area contributed by atoms with Gasteiger partial charge in [0, 0.05) is 10.9 Å². The lowest BCUT2D eigenvalue weighted by molar-refractivity contribution is 0.444. The second-order valence-electron chi connectivity index (χ2n) is 4.44. The molecule has 0 aliphatic heterocycles. The predicted molar refractivity (Wildman–Crippen MR) is 62.7 cm³/mol. The molecule has 2 rings (SSSR count). The Morgan fingerprint density at radius 2 is 2.00 bits per heavy atom. The Kier molecular flexibility index (Phi) is 2.93. The third-order valence-electron chi connectivity index (χ3n) is 3.59. The predicted octanol–water partition coefficient (Wildman–Crippen LogP) is 3.55. The van der Waals surface area contributed by atoms with Crippen molar-refractivity contribution >= 4 is 11.3 Å². The average Bonchev–Trinajstić information content (AvgIpc) is 2.77. The first kappa shape index (κ1) is 10.2. The van der Waals surface area contributed by atoms with Gasteiger partial charge in [-0.3, -0.25) is 0 Å². The summed E-state index contributed by atoms with van der Waals surface area (Å²) in [6.45, 7) is 4.39. The van der Waals surface area contributed by atoms with Crippen LogP contribution in [0.2, 0.25) is 0 Å². The van der Waals surface area contributed by atoms with E-state index < -0.39 is 0 Å². The van der Waals surface area contributed by atoms with E-state index in [1.165, 1.54) is 41.7 Å². The van der Waals surface area contributed by atoms with E-state index in [1.54, 1.807) is 0 Å². The van der Waals surface area contributed by atoms with Crippen LogP contribution in [0.15, 0.2) is 5.38 Å². The van der Waals surface area contributed by atoms with Crippen molar-refractivity contribution in [2.45, 2.75) is 45.6 Å². The molecule has 1 atom stereocenters. The standard InChI is InChI=1S/C12H19NS/c1-8-9(2)14-7-11(8)12(13)10-5-3-4-6-10/h7,10,12H,3-6,13H2,1-2H3. The minimum absolute atomic E-state index is 0.294. The molecule has 1 aliphatic carbocycles. The van der Waals surface area contributed by atoms with Crippen molar-refractivity contribution in [3.8, 4) is 0 Å². The smallest absolute Gasteiger partial charge is 0.0334 e. The largest absolute Gasteiger partial charge is 0.324 e. The molecule has 1 aromatic rings. The molecule has 14 heavy (non-hydrogen) atoms. The maximum atomic E-state index is 6.32. The molecule has 1 aliphatic rings. The van der Waals surface area contributed by atoms with Crippen LogP contribution in [0.1, 0.15) is 47.7 Å². The van der Waals surface area contributed by atoms with Crippen LogP contribution in [0.4, 0.5) is 0 Å². The Morgan fingerprint density at radius 3 is 2.50 bits per heavy atom. The number of hydrogen-bond acceptors (Lipinski definition) is 2. The van der Waals surface area contributed by atoms with Gasteiger partial charge in [-0.15, -0.1) is 11.3 Å². The number of hydrogen-bond donors (Lipinski definition) is 1. The van der Waals surface area contributed by atoms with Crippen LogP contribution in [-0.4, -0.2) is 0 Å². The Morgan fingerprint density at radius 1 is 1.36 bits per heavy atom. The first-order chi connectivity index (χ1) is 6.70. The Labute approximate surface area is 90.3 Å². The van der Waals surface area contributed by atoms with Gasteiger partial charge in [0.2, 0.25) is 0 Å². The van der Waals surface area contributed by atoms with Crippen molar-refractivity contribution < 1.29 is 0 Å². The molecule has 1 heterocycles. The molecular weight excluding hydrogens is 190 g/mol. The zero-order chi connectivity index (χ0) is 10.1. The van der Waals surface area contributed by atoms with Gasteiger partial charge in [0.05, 0.1) is 0 Å². The van der Waals surface area contributed by atoms with Crippen LogP contribution >= 0.6 is 11.3 Å². The summed E-state index contributed by atoms with van der Waals surface area (Å²) >= 11 is 1.84. The van der Waals surface area contributed by atoms with Crippen LogP contribution in [0, 0.1) is 19.8 Å². The lowest BCUT2D eigenvalue weighted by atomic mass is 9.92. The Hall–Kier alpha value is -0.340. The van der Waals surface area contributed by atoms with E-state index in [9.17, 15) is 0 Å². The maximum Gasteiger partial charge on any atom is 0.0334 e. The van der Waals surface area contributed by atoms with E-state index in [-0.39, 0.29) is 0 Å². The molecular formula is C12H19NS. The fourth-order valence-electron chi connectivity index (χ4n) is 2.43. The highest BCUT2D eigenvalue weighted by molar-refractivity contribution is 7.10. The fourth-order valence-corrected chi connectivity index (χ4v) is 3.36. The molecule has 0 saturated heterocycles. The van der Waals surface area contributed by atoms with Crippen molar-refractivity contribution in [2.24, 2.45) is 11.7 Å². The third kappa shape index (κ3) is 1.73. The summed E-state index contributed by atoms with van der Waals surface area (Å²) in [6.07, 6.45) is 5.41. The van der Waals surface area contributed by atoms with E-state index in [0.717, 1.165) is 5.92 Å². The summed E-state index contributed by atoms with van der Waals surface area (Å²) in [5.41, 5.74) is 9.15. The van der Waals surface area contributed by atoms with Crippen molar-refractivity contribution in [3.05, 3.63) is 21.4 Å². The van der Waals surface area contributed by atoms with E-state index >= 15 is 0 Å². The SMILES string of the molecule is Cc1scc(C(N)C2CCCC2)c1C. The molecule has 1 saturated carbocycles. The van der Waals surface area contributed by atoms with E-state index in [2.05, 4.69) is 19.2 Å². The second-order valence-corrected chi connectivity index (χ2v) is 5.53. The number of rotatable bonds is 2. The third-order valence-corrected chi connectivity index (χ3v) is 4.62. The van der Waals surface area contributed by atoms with Gasteiger partial charge in [-0.25, -0.2) is 0 Å². The number of aryl methyl sites for hydroxylation is 1. The fraction of sp³-hybridized carbons (Fsp3) is 0.667. The number of nitrogens with two attached hydrogens (primary N) is 1. The van der Waals surface area contributed by atoms with E-state index in [1.807, 2.05) is 11.3 Å². The van der Waals surface area contributed by atoms with Crippen LogP contribution in [0.3, 0.4) is 0 Å². The lowest BCUT2D eigenvalue weighted by Gasteiger charge is -2.18. The molecule has 1 fully saturated rings. The van der Waals surface area contributed by atoms with Crippen molar-refractivity contribution in [1.82, 2.24) is 0 Å². The summed E-state index contributed by atoms with van der Waals surface area (Å²) in [7, 11) is 0. The molecule has 1 aromatic heterocycles. The van der Waals surface area contributed by atoms with Gasteiger partial charge in [0.1, 0.15) is 0 Å². The van der Waals surface area contributed by atoms with Gasteiger partial charge in [-0.05, 0) is 49.1 Å². The summed E-state index contributed by atoms with van der Waals surface area (Å²) in [4.78, 5) is 1.42. The highest BCUT2D eigenvalue weighted by Crippen LogP contribution is 2.37. The van der Waals surface area contributed by atoms with Crippen molar-refractivity contribution in [2.75, 3.05) is 0 Å². The van der Waals surface area contributed by atoms with Gasteiger partial charge in [-0.1, -0.05) is 12.8 Å². The zero-order valence-corrected chi connectivity index (χ0v) is 9.86. The highest BCUT2D eigenvalue weighted by Gasteiger charge is 2.25. The van der Waals surface area contributed by atoms with Gasteiger partial charge in [0.25, 0.3) is 0 Å². The molecule has 1 unspecified atom stereocenters. The summed E-state index contributed by atoms with van der Waals surface area (Å²) in [5.74, 6) is 0.739. The van der Waals surface area contributed by atoms with Crippen molar-refractivity contribution in [1.29, 1.82) is 0 Å². The van der Waals surface area contributed by atoms with Crippen LogP contribution < -0.4 is 5.73 Å². The summed E-state index contributed by atoms with van der Waals surface area (Å²) in [5, 5.41) is 2.26. The van der Waals surface area contributed by atoms with Crippen LogP contribution in [-0.2, 0) is 0 Å². The quantitative estimate of drug-likeness (QED) is 0.792. The molecule has 0 bridgehead atoms. The Balaban J connectivity index is 2.17. The topological polar surface area (TPSA) is 26.0 Å². The summed E-state index contributed by atoms with van der Waals surface area (Å²) in [6, 6.07) is 0.294. The monoisotopic (exact) mass is 209 g/mol. The zero-order valence-electron chi connectivity index (χ0n) is 9.05. The van der Waals surface area contributed by atoms with Crippen LogP contribution in [0.25, 0.3) is 0 Å².